The lowest BCUT2D eigenvalue weighted by Crippen LogP contribution is -2.11. The van der Waals surface area contributed by atoms with Crippen molar-refractivity contribution in [3.8, 4) is 17.6 Å². The average Bonchev–Trinajstić information content (AvgIpc) is 2.45. The van der Waals surface area contributed by atoms with Crippen LogP contribution in [0.1, 0.15) is 45.1 Å². The SMILES string of the molecule is CCCCC(CC)COc1cc(F)cc(C#CCN)c1. The van der Waals surface area contributed by atoms with E-state index in [4.69, 9.17) is 10.5 Å². The largest absolute Gasteiger partial charge is 0.493 e. The highest BCUT2D eigenvalue weighted by molar-refractivity contribution is 5.40. The summed E-state index contributed by atoms with van der Waals surface area (Å²) >= 11 is 0. The van der Waals surface area contributed by atoms with E-state index in [1.807, 2.05) is 0 Å². The van der Waals surface area contributed by atoms with E-state index in [1.165, 1.54) is 25.0 Å². The molecule has 1 atom stereocenters. The first-order valence-corrected chi connectivity index (χ1v) is 7.31. The van der Waals surface area contributed by atoms with Crippen LogP contribution in [0.15, 0.2) is 18.2 Å². The van der Waals surface area contributed by atoms with Crippen molar-refractivity contribution < 1.29 is 9.13 Å². The fraction of sp³-hybridized carbons (Fsp3) is 0.529. The highest BCUT2D eigenvalue weighted by atomic mass is 19.1. The van der Waals surface area contributed by atoms with E-state index >= 15 is 0 Å². The molecule has 0 amide bonds. The molecular formula is C17H24FNO. The minimum Gasteiger partial charge on any atom is -0.493 e. The zero-order valence-corrected chi connectivity index (χ0v) is 12.4. The molecule has 2 nitrogen and oxygen atoms in total. The first kappa shape index (κ1) is 16.5. The molecule has 0 fully saturated rings. The Kier molecular flexibility index (Phi) is 7.75. The van der Waals surface area contributed by atoms with Crippen molar-refractivity contribution in [2.45, 2.75) is 39.5 Å². The molecule has 0 spiro atoms. The van der Waals surface area contributed by atoms with Gasteiger partial charge in [-0.2, -0.15) is 0 Å². The average molecular weight is 277 g/mol. The van der Waals surface area contributed by atoms with Gasteiger partial charge in [-0.1, -0.05) is 45.0 Å². The van der Waals surface area contributed by atoms with E-state index in [1.54, 1.807) is 6.07 Å². The Morgan fingerprint density at radius 1 is 1.30 bits per heavy atom. The minimum absolute atomic E-state index is 0.266. The molecule has 0 saturated heterocycles. The lowest BCUT2D eigenvalue weighted by molar-refractivity contribution is 0.232. The van der Waals surface area contributed by atoms with Gasteiger partial charge in [-0.05, 0) is 24.5 Å². The van der Waals surface area contributed by atoms with Crippen LogP contribution >= 0.6 is 0 Å². The van der Waals surface area contributed by atoms with Gasteiger partial charge in [0.15, 0.2) is 0 Å². The van der Waals surface area contributed by atoms with Crippen LogP contribution in [0.25, 0.3) is 0 Å². The highest BCUT2D eigenvalue weighted by Crippen LogP contribution is 2.19. The van der Waals surface area contributed by atoms with Crippen LogP contribution in [0.3, 0.4) is 0 Å². The molecule has 3 heteroatoms. The van der Waals surface area contributed by atoms with E-state index < -0.39 is 0 Å². The minimum atomic E-state index is -0.328. The summed E-state index contributed by atoms with van der Waals surface area (Å²) in [5.41, 5.74) is 5.92. The zero-order valence-electron chi connectivity index (χ0n) is 12.4. The monoisotopic (exact) mass is 277 g/mol. The number of ether oxygens (including phenoxy) is 1. The predicted octanol–water partition coefficient (Wildman–Crippen LogP) is 3.73. The summed E-state index contributed by atoms with van der Waals surface area (Å²) in [5, 5.41) is 0. The standard InChI is InChI=1S/C17H24FNO/c1-3-5-7-14(4-2)13-20-17-11-15(8-6-9-19)10-16(18)12-17/h10-12,14H,3-5,7,9,13,19H2,1-2H3. The molecule has 0 aliphatic rings. The Morgan fingerprint density at radius 3 is 2.75 bits per heavy atom. The van der Waals surface area contributed by atoms with E-state index in [-0.39, 0.29) is 12.4 Å². The van der Waals surface area contributed by atoms with Crippen LogP contribution < -0.4 is 10.5 Å². The van der Waals surface area contributed by atoms with Crippen molar-refractivity contribution >= 4 is 0 Å². The molecular weight excluding hydrogens is 253 g/mol. The van der Waals surface area contributed by atoms with Gasteiger partial charge >= 0.3 is 0 Å². The fourth-order valence-corrected chi connectivity index (χ4v) is 1.98. The molecule has 0 saturated carbocycles. The van der Waals surface area contributed by atoms with Gasteiger partial charge in [0.2, 0.25) is 0 Å². The second-order valence-electron chi connectivity index (χ2n) is 4.91. The molecule has 0 aliphatic heterocycles. The smallest absolute Gasteiger partial charge is 0.128 e. The highest BCUT2D eigenvalue weighted by Gasteiger charge is 2.08. The third-order valence-electron chi connectivity index (χ3n) is 3.24. The number of hydrogen-bond acceptors (Lipinski definition) is 2. The second-order valence-corrected chi connectivity index (χ2v) is 4.91. The summed E-state index contributed by atoms with van der Waals surface area (Å²) in [6.45, 7) is 5.24. The van der Waals surface area contributed by atoms with Gasteiger partial charge in [-0.25, -0.2) is 4.39 Å². The fourth-order valence-electron chi connectivity index (χ4n) is 1.98. The van der Waals surface area contributed by atoms with Gasteiger partial charge in [-0.3, -0.25) is 0 Å². The van der Waals surface area contributed by atoms with Gasteiger partial charge in [0.25, 0.3) is 0 Å². The number of hydrogen-bond donors (Lipinski definition) is 1. The Morgan fingerprint density at radius 2 is 2.10 bits per heavy atom. The van der Waals surface area contributed by atoms with Crippen molar-refractivity contribution in [1.82, 2.24) is 0 Å². The molecule has 110 valence electrons. The van der Waals surface area contributed by atoms with Crippen LogP contribution in [0.4, 0.5) is 4.39 Å². The maximum atomic E-state index is 13.5. The lowest BCUT2D eigenvalue weighted by atomic mass is 10.0. The summed E-state index contributed by atoms with van der Waals surface area (Å²) in [6.07, 6.45) is 4.63. The number of rotatable bonds is 7. The van der Waals surface area contributed by atoms with Crippen LogP contribution in [0.2, 0.25) is 0 Å². The van der Waals surface area contributed by atoms with E-state index in [0.29, 0.717) is 23.8 Å². The first-order chi connectivity index (χ1) is 9.69. The second kappa shape index (κ2) is 9.39. The molecule has 1 aromatic rings. The summed E-state index contributed by atoms with van der Waals surface area (Å²) < 4.78 is 19.2. The molecule has 2 N–H and O–H groups in total. The lowest BCUT2D eigenvalue weighted by Gasteiger charge is -2.15. The molecule has 1 aromatic carbocycles. The van der Waals surface area contributed by atoms with Crippen LogP contribution in [-0.2, 0) is 0 Å². The topological polar surface area (TPSA) is 35.2 Å². The Bertz CT molecular complexity index is 462. The van der Waals surface area contributed by atoms with Crippen molar-refractivity contribution in [1.29, 1.82) is 0 Å². The van der Waals surface area contributed by atoms with Gasteiger partial charge in [-0.15, -0.1) is 0 Å². The maximum Gasteiger partial charge on any atom is 0.128 e. The number of unbranched alkanes of at least 4 members (excludes halogenated alkanes) is 1. The van der Waals surface area contributed by atoms with Crippen molar-refractivity contribution in [3.05, 3.63) is 29.6 Å². The molecule has 0 aliphatic carbocycles. The van der Waals surface area contributed by atoms with Crippen molar-refractivity contribution in [2.75, 3.05) is 13.2 Å². The predicted molar refractivity (Wildman–Crippen MR) is 81.1 cm³/mol. The maximum absolute atomic E-state index is 13.5. The number of nitrogens with two attached hydrogens (primary N) is 1. The molecule has 1 rings (SSSR count). The van der Waals surface area contributed by atoms with E-state index in [0.717, 1.165) is 12.8 Å². The van der Waals surface area contributed by atoms with Gasteiger partial charge in [0.1, 0.15) is 11.6 Å². The first-order valence-electron chi connectivity index (χ1n) is 7.31. The molecule has 0 aromatic heterocycles. The van der Waals surface area contributed by atoms with Crippen LogP contribution in [-0.4, -0.2) is 13.2 Å². The summed E-state index contributed by atoms with van der Waals surface area (Å²) in [4.78, 5) is 0. The van der Waals surface area contributed by atoms with Crippen LogP contribution in [0.5, 0.6) is 5.75 Å². The summed E-state index contributed by atoms with van der Waals surface area (Å²) in [6, 6.07) is 4.56. The van der Waals surface area contributed by atoms with Crippen LogP contribution in [0, 0.1) is 23.6 Å². The zero-order chi connectivity index (χ0) is 14.8. The molecule has 20 heavy (non-hydrogen) atoms. The van der Waals surface area contributed by atoms with Crippen molar-refractivity contribution in [2.24, 2.45) is 11.7 Å². The van der Waals surface area contributed by atoms with Gasteiger partial charge in [0, 0.05) is 11.6 Å². The van der Waals surface area contributed by atoms with Crippen molar-refractivity contribution in [3.63, 3.8) is 0 Å². The number of benzene rings is 1. The Labute approximate surface area is 121 Å². The Balaban J connectivity index is 2.64. The summed E-state index contributed by atoms with van der Waals surface area (Å²) in [5.74, 6) is 6.28. The Hall–Kier alpha value is -1.53. The van der Waals surface area contributed by atoms with E-state index in [2.05, 4.69) is 25.7 Å². The van der Waals surface area contributed by atoms with Gasteiger partial charge < -0.3 is 10.5 Å². The third kappa shape index (κ3) is 6.08. The third-order valence-corrected chi connectivity index (χ3v) is 3.24. The molecule has 1 unspecified atom stereocenters. The van der Waals surface area contributed by atoms with Gasteiger partial charge in [0.05, 0.1) is 13.2 Å². The van der Waals surface area contributed by atoms with E-state index in [9.17, 15) is 4.39 Å². The quantitative estimate of drug-likeness (QED) is 0.771. The molecule has 0 radical (unpaired) electrons. The number of halogens is 1. The molecule has 0 heterocycles. The normalized spacial score (nSPS) is 11.6. The molecule has 0 bridgehead atoms. The summed E-state index contributed by atoms with van der Waals surface area (Å²) in [7, 11) is 0.